The molecule has 1 heterocycles. The van der Waals surface area contributed by atoms with Gasteiger partial charge in [0.25, 0.3) is 0 Å². The maximum absolute atomic E-state index is 12.5. The number of likely N-dealkylation sites (tertiary alicyclic amines) is 1. The number of carbonyl (C=O) groups is 1. The number of piperidine rings is 1. The molecule has 0 aliphatic carbocycles. The second-order valence-electron chi connectivity index (χ2n) is 7.24. The third-order valence-corrected chi connectivity index (χ3v) is 6.36. The molecule has 1 aliphatic heterocycles. The summed E-state index contributed by atoms with van der Waals surface area (Å²) in [7, 11) is 0. The predicted octanol–water partition coefficient (Wildman–Crippen LogP) is 5.61. The number of halogens is 3. The van der Waals surface area contributed by atoms with E-state index < -0.39 is 0 Å². The first-order chi connectivity index (χ1) is 13.5. The zero-order valence-corrected chi connectivity index (χ0v) is 18.0. The topological polar surface area (TPSA) is 32.3 Å². The number of amides is 1. The first-order valence-corrected chi connectivity index (χ1v) is 10.8. The van der Waals surface area contributed by atoms with Crippen LogP contribution in [0.1, 0.15) is 30.4 Å². The lowest BCUT2D eigenvalue weighted by Crippen LogP contribution is -2.40. The van der Waals surface area contributed by atoms with Crippen molar-refractivity contribution in [2.75, 3.05) is 19.6 Å². The molecule has 0 unspecified atom stereocenters. The number of carbonyl (C=O) groups excluding carboxylic acids is 1. The zero-order chi connectivity index (χ0) is 19.9. The summed E-state index contributed by atoms with van der Waals surface area (Å²) in [6, 6.07) is 13.4. The normalized spacial score (nSPS) is 15.5. The van der Waals surface area contributed by atoms with E-state index in [1.54, 1.807) is 0 Å². The Hall–Kier alpha value is -1.26. The lowest BCUT2D eigenvalue weighted by Gasteiger charge is -2.31. The number of benzene rings is 2. The molecule has 6 heteroatoms. The van der Waals surface area contributed by atoms with Crippen LogP contribution in [-0.4, -0.2) is 30.4 Å². The summed E-state index contributed by atoms with van der Waals surface area (Å²) >= 11 is 18.7. The molecule has 0 atom stereocenters. The molecule has 0 aromatic heterocycles. The molecule has 1 N–H and O–H groups in total. The van der Waals surface area contributed by atoms with Crippen molar-refractivity contribution >= 4 is 40.7 Å². The molecule has 1 saturated heterocycles. The van der Waals surface area contributed by atoms with Gasteiger partial charge in [-0.1, -0.05) is 59.1 Å². The van der Waals surface area contributed by atoms with Gasteiger partial charge in [0.05, 0.1) is 0 Å². The van der Waals surface area contributed by atoms with Gasteiger partial charge in [0, 0.05) is 39.6 Å². The Kier molecular flexibility index (Phi) is 8.04. The molecule has 1 amide bonds. The lowest BCUT2D eigenvalue weighted by atomic mass is 9.95. The van der Waals surface area contributed by atoms with Crippen molar-refractivity contribution < 1.29 is 4.79 Å². The van der Waals surface area contributed by atoms with Crippen LogP contribution in [0.4, 0.5) is 0 Å². The summed E-state index contributed by atoms with van der Waals surface area (Å²) in [6.45, 7) is 3.16. The van der Waals surface area contributed by atoms with Gasteiger partial charge >= 0.3 is 0 Å². The third kappa shape index (κ3) is 5.87. The van der Waals surface area contributed by atoms with Crippen LogP contribution in [0, 0.1) is 5.92 Å². The highest BCUT2D eigenvalue weighted by Gasteiger charge is 2.25. The molecule has 0 spiro atoms. The van der Waals surface area contributed by atoms with E-state index in [0.717, 1.165) is 61.5 Å². The quantitative estimate of drug-likeness (QED) is 0.569. The summed E-state index contributed by atoms with van der Waals surface area (Å²) in [5, 5.41) is 5.27. The van der Waals surface area contributed by atoms with Crippen molar-refractivity contribution in [3.63, 3.8) is 0 Å². The average molecular weight is 440 g/mol. The molecule has 1 fully saturated rings. The van der Waals surface area contributed by atoms with Crippen molar-refractivity contribution in [2.24, 2.45) is 5.92 Å². The van der Waals surface area contributed by atoms with E-state index >= 15 is 0 Å². The Balaban J connectivity index is 1.38. The van der Waals surface area contributed by atoms with E-state index in [9.17, 15) is 4.79 Å². The molecular weight excluding hydrogens is 415 g/mol. The van der Waals surface area contributed by atoms with E-state index in [4.69, 9.17) is 34.8 Å². The van der Waals surface area contributed by atoms with Gasteiger partial charge in [-0.3, -0.25) is 9.69 Å². The van der Waals surface area contributed by atoms with Crippen molar-refractivity contribution in [1.29, 1.82) is 0 Å². The van der Waals surface area contributed by atoms with Crippen molar-refractivity contribution in [1.82, 2.24) is 10.2 Å². The molecule has 0 saturated carbocycles. The van der Waals surface area contributed by atoms with Crippen LogP contribution in [-0.2, 0) is 17.8 Å². The average Bonchev–Trinajstić information content (AvgIpc) is 2.70. The Morgan fingerprint density at radius 2 is 1.61 bits per heavy atom. The predicted molar refractivity (Wildman–Crippen MR) is 117 cm³/mol. The highest BCUT2D eigenvalue weighted by Crippen LogP contribution is 2.27. The SMILES string of the molecule is O=C(NCCCc1ccccc1Cl)C1CCN(Cc2c(Cl)cccc2Cl)CC1. The highest BCUT2D eigenvalue weighted by atomic mass is 35.5. The Morgan fingerprint density at radius 3 is 2.29 bits per heavy atom. The summed E-state index contributed by atoms with van der Waals surface area (Å²) < 4.78 is 0. The van der Waals surface area contributed by atoms with Gasteiger partial charge in [-0.05, 0) is 62.5 Å². The van der Waals surface area contributed by atoms with E-state index in [0.29, 0.717) is 16.6 Å². The molecular formula is C22H25Cl3N2O. The number of hydrogen-bond acceptors (Lipinski definition) is 2. The van der Waals surface area contributed by atoms with Crippen LogP contribution in [0.25, 0.3) is 0 Å². The molecule has 0 radical (unpaired) electrons. The van der Waals surface area contributed by atoms with Crippen LogP contribution in [0.2, 0.25) is 15.1 Å². The number of nitrogens with one attached hydrogen (secondary N) is 1. The van der Waals surface area contributed by atoms with Crippen molar-refractivity contribution in [3.8, 4) is 0 Å². The molecule has 0 bridgehead atoms. The molecule has 3 nitrogen and oxygen atoms in total. The summed E-state index contributed by atoms with van der Waals surface area (Å²) in [6.07, 6.45) is 3.48. The van der Waals surface area contributed by atoms with Gasteiger partial charge in [0.15, 0.2) is 0 Å². The van der Waals surface area contributed by atoms with Crippen LogP contribution in [0.15, 0.2) is 42.5 Å². The second-order valence-corrected chi connectivity index (χ2v) is 8.46. The van der Waals surface area contributed by atoms with Crippen molar-refractivity contribution in [2.45, 2.75) is 32.2 Å². The van der Waals surface area contributed by atoms with E-state index in [1.165, 1.54) is 0 Å². The smallest absolute Gasteiger partial charge is 0.223 e. The lowest BCUT2D eigenvalue weighted by molar-refractivity contribution is -0.126. The fraction of sp³-hybridized carbons (Fsp3) is 0.409. The molecule has 28 heavy (non-hydrogen) atoms. The summed E-state index contributed by atoms with van der Waals surface area (Å²) in [4.78, 5) is 14.8. The minimum absolute atomic E-state index is 0.0817. The summed E-state index contributed by atoms with van der Waals surface area (Å²) in [5.41, 5.74) is 2.10. The largest absolute Gasteiger partial charge is 0.356 e. The standard InChI is InChI=1S/C22H25Cl3N2O/c23-19-7-2-1-5-16(19)6-4-12-26-22(28)17-10-13-27(14-11-17)15-18-20(24)8-3-9-21(18)25/h1-3,5,7-9,17H,4,6,10-15H2,(H,26,28). The number of hydrogen-bond donors (Lipinski definition) is 1. The van der Waals surface area contributed by atoms with Gasteiger partial charge in [-0.2, -0.15) is 0 Å². The van der Waals surface area contributed by atoms with Crippen LogP contribution < -0.4 is 5.32 Å². The van der Waals surface area contributed by atoms with Gasteiger partial charge < -0.3 is 5.32 Å². The Bertz CT molecular complexity index is 784. The minimum atomic E-state index is 0.0817. The number of nitrogens with zero attached hydrogens (tertiary/aromatic N) is 1. The number of rotatable bonds is 7. The van der Waals surface area contributed by atoms with Gasteiger partial charge in [0.1, 0.15) is 0 Å². The first kappa shape index (κ1) is 21.4. The van der Waals surface area contributed by atoms with E-state index in [2.05, 4.69) is 10.2 Å². The molecule has 2 aromatic rings. The van der Waals surface area contributed by atoms with Crippen LogP contribution in [0.5, 0.6) is 0 Å². The fourth-order valence-corrected chi connectivity index (χ4v) is 4.34. The van der Waals surface area contributed by atoms with Gasteiger partial charge in [-0.25, -0.2) is 0 Å². The maximum atomic E-state index is 12.5. The monoisotopic (exact) mass is 438 g/mol. The highest BCUT2D eigenvalue weighted by molar-refractivity contribution is 6.36. The number of aryl methyl sites for hydroxylation is 1. The van der Waals surface area contributed by atoms with Crippen LogP contribution >= 0.6 is 34.8 Å². The van der Waals surface area contributed by atoms with Gasteiger partial charge in [0.2, 0.25) is 5.91 Å². The Morgan fingerprint density at radius 1 is 0.964 bits per heavy atom. The molecule has 1 aliphatic rings. The molecule has 3 rings (SSSR count). The first-order valence-electron chi connectivity index (χ1n) is 9.71. The van der Waals surface area contributed by atoms with E-state index in [1.807, 2.05) is 42.5 Å². The maximum Gasteiger partial charge on any atom is 0.223 e. The molecule has 150 valence electrons. The third-order valence-electron chi connectivity index (χ3n) is 5.28. The second kappa shape index (κ2) is 10.5. The van der Waals surface area contributed by atoms with E-state index in [-0.39, 0.29) is 11.8 Å². The zero-order valence-electron chi connectivity index (χ0n) is 15.8. The van der Waals surface area contributed by atoms with Crippen LogP contribution in [0.3, 0.4) is 0 Å². The van der Waals surface area contributed by atoms with Gasteiger partial charge in [-0.15, -0.1) is 0 Å². The summed E-state index contributed by atoms with van der Waals surface area (Å²) in [5.74, 6) is 0.243. The fourth-order valence-electron chi connectivity index (χ4n) is 3.60. The van der Waals surface area contributed by atoms with Crippen molar-refractivity contribution in [3.05, 3.63) is 68.7 Å². The Labute approximate surface area is 182 Å². The minimum Gasteiger partial charge on any atom is -0.356 e. The molecule has 2 aromatic carbocycles.